The Kier molecular flexibility index (Phi) is 3.98. The number of hydrogen-bond donors (Lipinski definition) is 0. The van der Waals surface area contributed by atoms with Crippen molar-refractivity contribution >= 4 is 5.91 Å². The molecule has 0 radical (unpaired) electrons. The average molecular weight is 333 g/mol. The zero-order valence-corrected chi connectivity index (χ0v) is 14.1. The molecular weight excluding hydrogens is 314 g/mol. The van der Waals surface area contributed by atoms with Gasteiger partial charge in [-0.3, -0.25) is 4.79 Å². The molecule has 0 saturated carbocycles. The molecule has 1 aliphatic heterocycles. The minimum atomic E-state index is -0.0963. The fourth-order valence-corrected chi connectivity index (χ4v) is 3.19. The Labute approximate surface area is 146 Å². The van der Waals surface area contributed by atoms with Crippen LogP contribution >= 0.6 is 0 Å². The van der Waals surface area contributed by atoms with Crippen LogP contribution < -0.4 is 4.74 Å². The number of methoxy groups -OCH3 is 1. The molecule has 4 rings (SSSR count). The van der Waals surface area contributed by atoms with Crippen molar-refractivity contribution in [3.63, 3.8) is 0 Å². The lowest BCUT2D eigenvalue weighted by atomic mass is 10.00. The minimum Gasteiger partial charge on any atom is -0.493 e. The first-order chi connectivity index (χ1) is 12.3. The van der Waals surface area contributed by atoms with Crippen molar-refractivity contribution in [3.05, 3.63) is 77.6 Å². The van der Waals surface area contributed by atoms with Gasteiger partial charge in [-0.2, -0.15) is 5.10 Å². The Morgan fingerprint density at radius 1 is 1.04 bits per heavy atom. The van der Waals surface area contributed by atoms with E-state index in [2.05, 4.69) is 17.2 Å². The summed E-state index contributed by atoms with van der Waals surface area (Å²) in [6.07, 6.45) is 2.62. The molecule has 5 heteroatoms. The van der Waals surface area contributed by atoms with Gasteiger partial charge in [-0.15, -0.1) is 0 Å². The van der Waals surface area contributed by atoms with Gasteiger partial charge in [0.15, 0.2) is 11.4 Å². The van der Waals surface area contributed by atoms with Crippen LogP contribution in [0.3, 0.4) is 0 Å². The predicted octanol–water partition coefficient (Wildman–Crippen LogP) is 3.08. The van der Waals surface area contributed by atoms with E-state index in [9.17, 15) is 4.79 Å². The summed E-state index contributed by atoms with van der Waals surface area (Å²) in [5.74, 6) is 0.397. The minimum absolute atomic E-state index is 0.0963. The quantitative estimate of drug-likeness (QED) is 0.740. The second-order valence-electron chi connectivity index (χ2n) is 6.07. The second-order valence-corrected chi connectivity index (χ2v) is 6.07. The van der Waals surface area contributed by atoms with Crippen LogP contribution in [-0.2, 0) is 13.0 Å². The molecule has 5 nitrogen and oxygen atoms in total. The van der Waals surface area contributed by atoms with Crippen molar-refractivity contribution < 1.29 is 9.53 Å². The first kappa shape index (κ1) is 15.4. The number of para-hydroxylation sites is 1. The molecule has 0 bridgehead atoms. The van der Waals surface area contributed by atoms with E-state index in [0.717, 1.165) is 12.1 Å². The molecule has 0 atom stereocenters. The number of aromatic nitrogens is 2. The molecule has 2 aromatic carbocycles. The normalized spacial score (nSPS) is 13.4. The molecule has 0 N–H and O–H groups in total. The molecule has 0 unspecified atom stereocenters. The number of carbonyl (C=O) groups is 1. The maximum absolute atomic E-state index is 13.0. The van der Waals surface area contributed by atoms with Gasteiger partial charge in [0.1, 0.15) is 0 Å². The van der Waals surface area contributed by atoms with Crippen LogP contribution in [0.4, 0.5) is 0 Å². The number of nitrogens with zero attached hydrogens (tertiary/aromatic N) is 3. The second kappa shape index (κ2) is 6.43. The zero-order valence-electron chi connectivity index (χ0n) is 14.1. The van der Waals surface area contributed by atoms with Gasteiger partial charge < -0.3 is 9.64 Å². The van der Waals surface area contributed by atoms with E-state index >= 15 is 0 Å². The van der Waals surface area contributed by atoms with Crippen LogP contribution in [0.5, 0.6) is 5.75 Å². The fourth-order valence-electron chi connectivity index (χ4n) is 3.19. The summed E-state index contributed by atoms with van der Waals surface area (Å²) in [7, 11) is 1.56. The number of rotatable bonds is 3. The van der Waals surface area contributed by atoms with Gasteiger partial charge in [-0.05, 0) is 29.7 Å². The van der Waals surface area contributed by atoms with E-state index in [1.807, 2.05) is 47.4 Å². The van der Waals surface area contributed by atoms with Gasteiger partial charge in [0.25, 0.3) is 5.91 Å². The molecule has 126 valence electrons. The molecule has 1 aromatic heterocycles. The lowest BCUT2D eigenvalue weighted by molar-refractivity contribution is 0.0725. The molecule has 3 aromatic rings. The van der Waals surface area contributed by atoms with E-state index in [4.69, 9.17) is 4.74 Å². The Balaban J connectivity index is 1.63. The molecule has 2 heterocycles. The Morgan fingerprint density at radius 3 is 2.52 bits per heavy atom. The third-order valence-electron chi connectivity index (χ3n) is 4.54. The number of benzene rings is 2. The molecule has 0 aliphatic carbocycles. The van der Waals surface area contributed by atoms with Crippen LogP contribution in [0.2, 0.25) is 0 Å². The lowest BCUT2D eigenvalue weighted by Gasteiger charge is -2.28. The first-order valence-corrected chi connectivity index (χ1v) is 8.31. The third-order valence-corrected chi connectivity index (χ3v) is 4.54. The summed E-state index contributed by atoms with van der Waals surface area (Å²) in [6, 6.07) is 18.0. The summed E-state index contributed by atoms with van der Waals surface area (Å²) in [5, 5.41) is 4.48. The summed E-state index contributed by atoms with van der Waals surface area (Å²) in [4.78, 5) is 14.8. The van der Waals surface area contributed by atoms with Gasteiger partial charge in [0.05, 0.1) is 19.0 Å². The van der Waals surface area contributed by atoms with Crippen molar-refractivity contribution in [2.45, 2.75) is 13.0 Å². The van der Waals surface area contributed by atoms with Crippen LogP contribution in [-0.4, -0.2) is 34.2 Å². The number of carbonyl (C=O) groups excluding carboxylic acids is 1. The summed E-state index contributed by atoms with van der Waals surface area (Å²) >= 11 is 0. The Bertz CT molecular complexity index is 902. The van der Waals surface area contributed by atoms with E-state index in [1.54, 1.807) is 18.0 Å². The van der Waals surface area contributed by atoms with Gasteiger partial charge >= 0.3 is 0 Å². The molecule has 0 fully saturated rings. The molecule has 25 heavy (non-hydrogen) atoms. The molecular formula is C20H19N3O2. The summed E-state index contributed by atoms with van der Waals surface area (Å²) in [6.45, 7) is 1.30. The molecule has 1 amide bonds. The van der Waals surface area contributed by atoms with Crippen LogP contribution in [0.1, 0.15) is 21.6 Å². The monoisotopic (exact) mass is 333 g/mol. The molecule has 0 spiro atoms. The molecule has 1 aliphatic rings. The van der Waals surface area contributed by atoms with E-state index in [1.165, 1.54) is 11.1 Å². The number of hydrogen-bond acceptors (Lipinski definition) is 3. The lowest BCUT2D eigenvalue weighted by Crippen LogP contribution is -2.36. The summed E-state index contributed by atoms with van der Waals surface area (Å²) < 4.78 is 7.08. The smallest absolute Gasteiger partial charge is 0.278 e. The predicted molar refractivity (Wildman–Crippen MR) is 95.0 cm³/mol. The Hall–Kier alpha value is -3.08. The fraction of sp³-hybridized carbons (Fsp3) is 0.200. The highest BCUT2D eigenvalue weighted by Crippen LogP contribution is 2.24. The van der Waals surface area contributed by atoms with Crippen LogP contribution in [0, 0.1) is 0 Å². The standard InChI is InChI=1S/C20H19N3O2/c1-25-18-14-23(17-9-3-2-4-10-17)21-19(18)20(24)22-12-11-15-7-5-6-8-16(15)13-22/h2-10,14H,11-13H2,1H3. The van der Waals surface area contributed by atoms with Crippen molar-refractivity contribution in [2.75, 3.05) is 13.7 Å². The van der Waals surface area contributed by atoms with Crippen molar-refractivity contribution in [3.8, 4) is 11.4 Å². The number of amides is 1. The largest absolute Gasteiger partial charge is 0.493 e. The van der Waals surface area contributed by atoms with Crippen molar-refractivity contribution in [1.29, 1.82) is 0 Å². The topological polar surface area (TPSA) is 47.4 Å². The number of ether oxygens (including phenoxy) is 1. The maximum Gasteiger partial charge on any atom is 0.278 e. The highest BCUT2D eigenvalue weighted by atomic mass is 16.5. The van der Waals surface area contributed by atoms with E-state index in [0.29, 0.717) is 24.5 Å². The van der Waals surface area contributed by atoms with Gasteiger partial charge in [0, 0.05) is 13.1 Å². The van der Waals surface area contributed by atoms with Gasteiger partial charge in [0.2, 0.25) is 0 Å². The van der Waals surface area contributed by atoms with Gasteiger partial charge in [-0.1, -0.05) is 42.5 Å². The van der Waals surface area contributed by atoms with Gasteiger partial charge in [-0.25, -0.2) is 4.68 Å². The Morgan fingerprint density at radius 2 is 1.76 bits per heavy atom. The average Bonchev–Trinajstić information content (AvgIpc) is 3.12. The first-order valence-electron chi connectivity index (χ1n) is 8.31. The van der Waals surface area contributed by atoms with Crippen molar-refractivity contribution in [1.82, 2.24) is 14.7 Å². The maximum atomic E-state index is 13.0. The van der Waals surface area contributed by atoms with E-state index in [-0.39, 0.29) is 5.91 Å². The van der Waals surface area contributed by atoms with Crippen LogP contribution in [0.25, 0.3) is 5.69 Å². The SMILES string of the molecule is COc1cn(-c2ccccc2)nc1C(=O)N1CCc2ccccc2C1. The van der Waals surface area contributed by atoms with E-state index < -0.39 is 0 Å². The third kappa shape index (κ3) is 2.89. The highest BCUT2D eigenvalue weighted by molar-refractivity contribution is 5.95. The van der Waals surface area contributed by atoms with Crippen LogP contribution in [0.15, 0.2) is 60.8 Å². The summed E-state index contributed by atoms with van der Waals surface area (Å²) in [5.41, 5.74) is 3.76. The molecule has 0 saturated heterocycles. The highest BCUT2D eigenvalue weighted by Gasteiger charge is 2.26. The van der Waals surface area contributed by atoms with Crippen molar-refractivity contribution in [2.24, 2.45) is 0 Å². The number of fused-ring (bicyclic) bond motifs is 1. The zero-order chi connectivity index (χ0) is 17.2.